The summed E-state index contributed by atoms with van der Waals surface area (Å²) in [5, 5.41) is 3.00. The molecule has 1 saturated heterocycles. The van der Waals surface area contributed by atoms with Gasteiger partial charge in [0.1, 0.15) is 0 Å². The van der Waals surface area contributed by atoms with Gasteiger partial charge in [-0.1, -0.05) is 20.3 Å². The van der Waals surface area contributed by atoms with Crippen molar-refractivity contribution in [2.45, 2.75) is 33.1 Å². The number of carbonyl (C=O) groups excluding carboxylic acids is 1. The van der Waals surface area contributed by atoms with E-state index in [9.17, 15) is 13.6 Å². The summed E-state index contributed by atoms with van der Waals surface area (Å²) in [5.41, 5.74) is 0.701. The third-order valence-corrected chi connectivity index (χ3v) is 4.29. The molecule has 1 aromatic carbocycles. The molecule has 0 aliphatic carbocycles. The molecule has 1 heterocycles. The predicted molar refractivity (Wildman–Crippen MR) is 83.8 cm³/mol. The quantitative estimate of drug-likeness (QED) is 0.874. The van der Waals surface area contributed by atoms with Crippen LogP contribution >= 0.6 is 0 Å². The zero-order valence-corrected chi connectivity index (χ0v) is 13.2. The topological polar surface area (TPSA) is 32.3 Å². The number of carbonyl (C=O) groups is 1. The maximum Gasteiger partial charge on any atom is 0.222 e. The number of rotatable bonds is 6. The van der Waals surface area contributed by atoms with Crippen molar-refractivity contribution in [3.05, 3.63) is 29.8 Å². The highest BCUT2D eigenvalue weighted by atomic mass is 19.2. The Labute approximate surface area is 130 Å². The summed E-state index contributed by atoms with van der Waals surface area (Å²) in [5.74, 6) is -1.13. The summed E-state index contributed by atoms with van der Waals surface area (Å²) in [6.45, 7) is 6.22. The molecule has 1 aromatic rings. The van der Waals surface area contributed by atoms with E-state index in [1.165, 1.54) is 6.07 Å². The number of anilines is 1. The lowest BCUT2D eigenvalue weighted by Gasteiger charge is -2.19. The second-order valence-corrected chi connectivity index (χ2v) is 6.13. The molecule has 0 unspecified atom stereocenters. The van der Waals surface area contributed by atoms with Crippen LogP contribution in [0.15, 0.2) is 18.2 Å². The van der Waals surface area contributed by atoms with Crippen molar-refractivity contribution < 1.29 is 13.6 Å². The summed E-state index contributed by atoms with van der Waals surface area (Å²) < 4.78 is 26.3. The van der Waals surface area contributed by atoms with Crippen molar-refractivity contribution in [3.63, 3.8) is 0 Å². The summed E-state index contributed by atoms with van der Waals surface area (Å²) in [7, 11) is 0. The first-order chi connectivity index (χ1) is 10.5. The lowest BCUT2D eigenvalue weighted by molar-refractivity contribution is -0.124. The lowest BCUT2D eigenvalue weighted by atomic mass is 10.0. The Kier molecular flexibility index (Phi) is 5.75. The number of amides is 1. The third-order valence-electron chi connectivity index (χ3n) is 4.29. The summed E-state index contributed by atoms with van der Waals surface area (Å²) in [6.07, 6.45) is 2.85. The van der Waals surface area contributed by atoms with Crippen molar-refractivity contribution in [1.29, 1.82) is 0 Å². The molecule has 0 aromatic heterocycles. The number of hydrogen-bond donors (Lipinski definition) is 1. The highest BCUT2D eigenvalue weighted by Crippen LogP contribution is 2.25. The van der Waals surface area contributed by atoms with E-state index in [4.69, 9.17) is 0 Å². The van der Waals surface area contributed by atoms with E-state index in [1.807, 2.05) is 11.8 Å². The molecule has 0 bridgehead atoms. The van der Waals surface area contributed by atoms with Crippen LogP contribution in [-0.4, -0.2) is 25.5 Å². The predicted octanol–water partition coefficient (Wildman–Crippen LogP) is 3.34. The number of halogens is 2. The Morgan fingerprint density at radius 2 is 2.18 bits per heavy atom. The van der Waals surface area contributed by atoms with Crippen LogP contribution in [0, 0.1) is 23.5 Å². The van der Waals surface area contributed by atoms with Crippen LogP contribution in [0.25, 0.3) is 0 Å². The highest BCUT2D eigenvalue weighted by molar-refractivity contribution is 5.78. The van der Waals surface area contributed by atoms with E-state index >= 15 is 0 Å². The normalized spacial score (nSPS) is 19.3. The Hall–Kier alpha value is -1.65. The fraction of sp³-hybridized carbons (Fsp3) is 0.588. The van der Waals surface area contributed by atoms with E-state index in [1.54, 1.807) is 6.07 Å². The van der Waals surface area contributed by atoms with Crippen LogP contribution in [0.3, 0.4) is 0 Å². The van der Waals surface area contributed by atoms with Crippen molar-refractivity contribution in [3.8, 4) is 0 Å². The fourth-order valence-corrected chi connectivity index (χ4v) is 2.90. The van der Waals surface area contributed by atoms with Crippen LogP contribution < -0.4 is 10.2 Å². The van der Waals surface area contributed by atoms with Gasteiger partial charge in [-0.2, -0.15) is 0 Å². The summed E-state index contributed by atoms with van der Waals surface area (Å²) in [6, 6.07) is 3.99. The van der Waals surface area contributed by atoms with Gasteiger partial charge in [0.15, 0.2) is 11.6 Å². The van der Waals surface area contributed by atoms with Crippen molar-refractivity contribution >= 4 is 11.6 Å². The maximum atomic E-state index is 13.3. The second-order valence-electron chi connectivity index (χ2n) is 6.13. The van der Waals surface area contributed by atoms with Gasteiger partial charge >= 0.3 is 0 Å². The van der Waals surface area contributed by atoms with E-state index in [0.717, 1.165) is 38.4 Å². The first kappa shape index (κ1) is 16.7. The maximum absolute atomic E-state index is 13.3. The average molecular weight is 310 g/mol. The van der Waals surface area contributed by atoms with Gasteiger partial charge < -0.3 is 10.2 Å². The van der Waals surface area contributed by atoms with Crippen LogP contribution in [-0.2, 0) is 4.79 Å². The van der Waals surface area contributed by atoms with Gasteiger partial charge in [-0.3, -0.25) is 4.79 Å². The smallest absolute Gasteiger partial charge is 0.222 e. The van der Waals surface area contributed by atoms with Gasteiger partial charge in [0.2, 0.25) is 5.91 Å². The number of hydrogen-bond acceptors (Lipinski definition) is 2. The van der Waals surface area contributed by atoms with E-state index < -0.39 is 11.6 Å². The van der Waals surface area contributed by atoms with E-state index in [-0.39, 0.29) is 11.8 Å². The van der Waals surface area contributed by atoms with Gasteiger partial charge in [0.05, 0.1) is 0 Å². The first-order valence-corrected chi connectivity index (χ1v) is 7.99. The second kappa shape index (κ2) is 7.56. The van der Waals surface area contributed by atoms with Crippen molar-refractivity contribution in [2.75, 3.05) is 24.5 Å². The largest absolute Gasteiger partial charge is 0.371 e. The lowest BCUT2D eigenvalue weighted by Crippen LogP contribution is -2.34. The van der Waals surface area contributed by atoms with Gasteiger partial charge in [-0.05, 0) is 30.9 Å². The number of nitrogens with zero attached hydrogens (tertiary/aromatic N) is 1. The Morgan fingerprint density at radius 3 is 2.86 bits per heavy atom. The van der Waals surface area contributed by atoms with E-state index in [2.05, 4.69) is 12.2 Å². The molecule has 0 radical (unpaired) electrons. The Morgan fingerprint density at radius 1 is 1.41 bits per heavy atom. The van der Waals surface area contributed by atoms with Crippen LogP contribution in [0.4, 0.5) is 14.5 Å². The van der Waals surface area contributed by atoms with Gasteiger partial charge in [-0.25, -0.2) is 8.78 Å². The Bertz CT molecular complexity index is 521. The molecule has 122 valence electrons. The third kappa shape index (κ3) is 4.18. The highest BCUT2D eigenvalue weighted by Gasteiger charge is 2.24. The molecule has 22 heavy (non-hydrogen) atoms. The molecule has 1 N–H and O–H groups in total. The molecule has 1 aliphatic rings. The zero-order valence-electron chi connectivity index (χ0n) is 13.2. The summed E-state index contributed by atoms with van der Waals surface area (Å²) in [4.78, 5) is 13.9. The monoisotopic (exact) mass is 310 g/mol. The minimum atomic E-state index is -0.823. The molecule has 0 spiro atoms. The molecule has 0 saturated carbocycles. The molecule has 2 rings (SSSR count). The number of nitrogens with one attached hydrogen (secondary N) is 1. The van der Waals surface area contributed by atoms with Crippen molar-refractivity contribution in [2.24, 2.45) is 11.8 Å². The van der Waals surface area contributed by atoms with Crippen LogP contribution in [0.5, 0.6) is 0 Å². The molecule has 5 heteroatoms. The van der Waals surface area contributed by atoms with Crippen LogP contribution in [0.1, 0.15) is 33.1 Å². The molecular formula is C17H24F2N2O. The number of benzene rings is 1. The molecule has 1 amide bonds. The zero-order chi connectivity index (χ0) is 16.1. The van der Waals surface area contributed by atoms with Gasteiger partial charge in [-0.15, -0.1) is 0 Å². The first-order valence-electron chi connectivity index (χ1n) is 7.99. The van der Waals surface area contributed by atoms with Gasteiger partial charge in [0, 0.05) is 37.3 Å². The van der Waals surface area contributed by atoms with Crippen molar-refractivity contribution in [1.82, 2.24) is 5.32 Å². The molecule has 1 fully saturated rings. The minimum absolute atomic E-state index is 0.0497. The van der Waals surface area contributed by atoms with Crippen LogP contribution in [0.2, 0.25) is 0 Å². The Balaban J connectivity index is 1.82. The molecule has 2 atom stereocenters. The fourth-order valence-electron chi connectivity index (χ4n) is 2.90. The SMILES string of the molecule is CCC[C@H](C)C(=O)NC[C@@H]1CCN(c2ccc(F)c(F)c2)C1. The minimum Gasteiger partial charge on any atom is -0.371 e. The average Bonchev–Trinajstić information content (AvgIpc) is 2.96. The molecule has 3 nitrogen and oxygen atoms in total. The molecule has 1 aliphatic heterocycles. The van der Waals surface area contributed by atoms with E-state index in [0.29, 0.717) is 18.2 Å². The standard InChI is InChI=1S/C17H24F2N2O/c1-3-4-12(2)17(22)20-10-13-7-8-21(11-13)14-5-6-15(18)16(19)9-14/h5-6,9,12-13H,3-4,7-8,10-11H2,1-2H3,(H,20,22)/t12-,13-/m0/s1. The summed E-state index contributed by atoms with van der Waals surface area (Å²) >= 11 is 0. The molecular weight excluding hydrogens is 286 g/mol. The van der Waals surface area contributed by atoms with Gasteiger partial charge in [0.25, 0.3) is 0 Å².